The molecule has 4 N–H and O–H groups in total. The number of rotatable bonds is 4. The van der Waals surface area contributed by atoms with Gasteiger partial charge >= 0.3 is 0 Å². The standard InChI is InChI=1S/C12H12F2N2OS/c13-8-1-2-9(15)12(11(8)14)16-5-10(17)7-3-4-18-6-7/h1-4,6,10,16-17H,5,15H2. The topological polar surface area (TPSA) is 58.3 Å². The number of nitrogen functional groups attached to an aromatic ring is 1. The molecular weight excluding hydrogens is 258 g/mol. The van der Waals surface area contributed by atoms with E-state index in [0.717, 1.165) is 11.6 Å². The maximum atomic E-state index is 13.5. The molecular formula is C12H12F2N2OS. The number of aliphatic hydroxyl groups excluding tert-OH is 1. The van der Waals surface area contributed by atoms with Gasteiger partial charge in [0.05, 0.1) is 17.5 Å². The van der Waals surface area contributed by atoms with Crippen molar-refractivity contribution in [3.05, 3.63) is 46.2 Å². The summed E-state index contributed by atoms with van der Waals surface area (Å²) < 4.78 is 26.5. The molecule has 0 saturated carbocycles. The maximum Gasteiger partial charge on any atom is 0.183 e. The number of nitrogens with two attached hydrogens (primary N) is 1. The first-order chi connectivity index (χ1) is 8.59. The molecule has 0 amide bonds. The van der Waals surface area contributed by atoms with Crippen LogP contribution in [0.15, 0.2) is 29.0 Å². The highest BCUT2D eigenvalue weighted by Crippen LogP contribution is 2.25. The van der Waals surface area contributed by atoms with E-state index in [2.05, 4.69) is 5.32 Å². The fourth-order valence-corrected chi connectivity index (χ4v) is 2.23. The second-order valence-electron chi connectivity index (χ2n) is 3.78. The molecule has 2 aromatic rings. The highest BCUT2D eigenvalue weighted by atomic mass is 32.1. The van der Waals surface area contributed by atoms with Gasteiger partial charge in [-0.1, -0.05) is 0 Å². The summed E-state index contributed by atoms with van der Waals surface area (Å²) in [5.74, 6) is -2.01. The van der Waals surface area contributed by atoms with Crippen molar-refractivity contribution in [1.82, 2.24) is 0 Å². The molecule has 1 aromatic carbocycles. The molecule has 96 valence electrons. The third kappa shape index (κ3) is 2.60. The lowest BCUT2D eigenvalue weighted by Crippen LogP contribution is -2.14. The molecule has 6 heteroatoms. The first-order valence-electron chi connectivity index (χ1n) is 5.27. The minimum absolute atomic E-state index is 0.0569. The molecule has 0 radical (unpaired) electrons. The van der Waals surface area contributed by atoms with Crippen LogP contribution in [0.4, 0.5) is 20.2 Å². The van der Waals surface area contributed by atoms with Gasteiger partial charge in [0.25, 0.3) is 0 Å². The Kier molecular flexibility index (Phi) is 3.78. The predicted molar refractivity (Wildman–Crippen MR) is 68.5 cm³/mol. The Balaban J connectivity index is 2.09. The summed E-state index contributed by atoms with van der Waals surface area (Å²) >= 11 is 1.45. The summed E-state index contributed by atoms with van der Waals surface area (Å²) in [5, 5.41) is 16.1. The van der Waals surface area contributed by atoms with E-state index in [4.69, 9.17) is 5.73 Å². The number of nitrogens with one attached hydrogen (secondary N) is 1. The van der Waals surface area contributed by atoms with Crippen molar-refractivity contribution in [2.45, 2.75) is 6.10 Å². The van der Waals surface area contributed by atoms with Crippen LogP contribution in [0.3, 0.4) is 0 Å². The Bertz CT molecular complexity index is 531. The maximum absolute atomic E-state index is 13.5. The molecule has 3 nitrogen and oxygen atoms in total. The molecule has 1 atom stereocenters. The van der Waals surface area contributed by atoms with Crippen LogP contribution in [0, 0.1) is 11.6 Å². The normalized spacial score (nSPS) is 12.4. The van der Waals surface area contributed by atoms with Gasteiger partial charge in [0.15, 0.2) is 11.6 Å². The van der Waals surface area contributed by atoms with Gasteiger partial charge in [0, 0.05) is 6.54 Å². The third-order valence-electron chi connectivity index (χ3n) is 2.53. The van der Waals surface area contributed by atoms with Gasteiger partial charge in [-0.2, -0.15) is 11.3 Å². The monoisotopic (exact) mass is 270 g/mol. The van der Waals surface area contributed by atoms with Crippen LogP contribution < -0.4 is 11.1 Å². The van der Waals surface area contributed by atoms with Crippen molar-refractivity contribution in [1.29, 1.82) is 0 Å². The van der Waals surface area contributed by atoms with E-state index in [9.17, 15) is 13.9 Å². The zero-order valence-electron chi connectivity index (χ0n) is 9.36. The predicted octanol–water partition coefficient (Wildman–Crippen LogP) is 2.75. The minimum Gasteiger partial charge on any atom is -0.397 e. The van der Waals surface area contributed by atoms with Crippen molar-refractivity contribution in [3.8, 4) is 0 Å². The highest BCUT2D eigenvalue weighted by molar-refractivity contribution is 7.07. The van der Waals surface area contributed by atoms with Gasteiger partial charge in [-0.05, 0) is 34.5 Å². The zero-order valence-corrected chi connectivity index (χ0v) is 10.2. The van der Waals surface area contributed by atoms with Gasteiger partial charge in [-0.3, -0.25) is 0 Å². The van der Waals surface area contributed by atoms with Gasteiger partial charge in [-0.15, -0.1) is 0 Å². The summed E-state index contributed by atoms with van der Waals surface area (Å²) in [6.07, 6.45) is -0.793. The lowest BCUT2D eigenvalue weighted by Gasteiger charge is -2.14. The average molecular weight is 270 g/mol. The molecule has 18 heavy (non-hydrogen) atoms. The summed E-state index contributed by atoms with van der Waals surface area (Å²) in [7, 11) is 0. The van der Waals surface area contributed by atoms with E-state index in [1.807, 2.05) is 5.38 Å². The molecule has 0 aliphatic carbocycles. The van der Waals surface area contributed by atoms with E-state index < -0.39 is 17.7 Å². The van der Waals surface area contributed by atoms with Crippen LogP contribution >= 0.6 is 11.3 Å². The lowest BCUT2D eigenvalue weighted by molar-refractivity contribution is 0.192. The van der Waals surface area contributed by atoms with Crippen molar-refractivity contribution >= 4 is 22.7 Å². The number of hydrogen-bond donors (Lipinski definition) is 3. The van der Waals surface area contributed by atoms with Crippen molar-refractivity contribution in [2.24, 2.45) is 0 Å². The van der Waals surface area contributed by atoms with Crippen LogP contribution in [-0.4, -0.2) is 11.7 Å². The van der Waals surface area contributed by atoms with Crippen LogP contribution in [0.2, 0.25) is 0 Å². The van der Waals surface area contributed by atoms with E-state index in [-0.39, 0.29) is 17.9 Å². The first-order valence-corrected chi connectivity index (χ1v) is 6.21. The minimum atomic E-state index is -1.03. The second kappa shape index (κ2) is 5.32. The fraction of sp³-hybridized carbons (Fsp3) is 0.167. The molecule has 0 aliphatic rings. The Morgan fingerprint density at radius 3 is 2.78 bits per heavy atom. The van der Waals surface area contributed by atoms with Crippen molar-refractivity contribution < 1.29 is 13.9 Å². The Hall–Kier alpha value is -1.66. The van der Waals surface area contributed by atoms with Crippen LogP contribution in [0.25, 0.3) is 0 Å². The third-order valence-corrected chi connectivity index (χ3v) is 3.23. The highest BCUT2D eigenvalue weighted by Gasteiger charge is 2.14. The summed E-state index contributed by atoms with van der Waals surface area (Å²) in [6.45, 7) is 0.0569. The second-order valence-corrected chi connectivity index (χ2v) is 4.56. The Morgan fingerprint density at radius 1 is 1.33 bits per heavy atom. The number of thiophene rings is 1. The molecule has 1 aromatic heterocycles. The number of halogens is 2. The van der Waals surface area contributed by atoms with E-state index in [1.54, 1.807) is 11.4 Å². The van der Waals surface area contributed by atoms with E-state index >= 15 is 0 Å². The van der Waals surface area contributed by atoms with Crippen LogP contribution in [0.1, 0.15) is 11.7 Å². The van der Waals surface area contributed by atoms with Crippen molar-refractivity contribution in [3.63, 3.8) is 0 Å². The lowest BCUT2D eigenvalue weighted by atomic mass is 10.2. The van der Waals surface area contributed by atoms with Gasteiger partial charge < -0.3 is 16.2 Å². The largest absolute Gasteiger partial charge is 0.397 e. The molecule has 2 rings (SSSR count). The summed E-state index contributed by atoms with van der Waals surface area (Å²) in [4.78, 5) is 0. The fourth-order valence-electron chi connectivity index (χ4n) is 1.53. The Morgan fingerprint density at radius 2 is 2.11 bits per heavy atom. The molecule has 1 unspecified atom stereocenters. The van der Waals surface area contributed by atoms with Crippen LogP contribution in [-0.2, 0) is 0 Å². The first kappa shape index (κ1) is 12.8. The quantitative estimate of drug-likeness (QED) is 0.749. The number of benzene rings is 1. The molecule has 1 heterocycles. The molecule has 0 spiro atoms. The molecule has 0 aliphatic heterocycles. The average Bonchev–Trinajstić information content (AvgIpc) is 2.87. The van der Waals surface area contributed by atoms with Gasteiger partial charge in [0.2, 0.25) is 0 Å². The molecule has 0 fully saturated rings. The SMILES string of the molecule is Nc1ccc(F)c(F)c1NCC(O)c1ccsc1. The summed E-state index contributed by atoms with van der Waals surface area (Å²) in [6, 6.07) is 4.01. The van der Waals surface area contributed by atoms with Gasteiger partial charge in [-0.25, -0.2) is 8.78 Å². The van der Waals surface area contributed by atoms with Gasteiger partial charge in [0.1, 0.15) is 0 Å². The molecule has 0 saturated heterocycles. The number of hydrogen-bond acceptors (Lipinski definition) is 4. The van der Waals surface area contributed by atoms with Crippen LogP contribution in [0.5, 0.6) is 0 Å². The Labute approximate surface area is 107 Å². The van der Waals surface area contributed by atoms with E-state index in [0.29, 0.717) is 0 Å². The zero-order chi connectivity index (χ0) is 13.1. The smallest absolute Gasteiger partial charge is 0.183 e. The molecule has 0 bridgehead atoms. The number of anilines is 2. The van der Waals surface area contributed by atoms with E-state index in [1.165, 1.54) is 17.4 Å². The number of aliphatic hydroxyl groups is 1. The van der Waals surface area contributed by atoms with Crippen molar-refractivity contribution in [2.75, 3.05) is 17.6 Å². The summed E-state index contributed by atoms with van der Waals surface area (Å²) in [5.41, 5.74) is 6.25.